The second-order valence-corrected chi connectivity index (χ2v) is 6.43. The van der Waals surface area contributed by atoms with Crippen molar-refractivity contribution in [2.45, 2.75) is 25.7 Å². The minimum Gasteiger partial charge on any atom is -0.492 e. The number of hydrogen-bond donors (Lipinski definition) is 1. The summed E-state index contributed by atoms with van der Waals surface area (Å²) < 4.78 is 44.3. The predicted octanol–water partition coefficient (Wildman–Crippen LogP) is 3.10. The third kappa shape index (κ3) is 6.38. The van der Waals surface area contributed by atoms with Gasteiger partial charge in [0.05, 0.1) is 6.04 Å². The summed E-state index contributed by atoms with van der Waals surface area (Å²) in [6.45, 7) is 1.19. The van der Waals surface area contributed by atoms with Crippen LogP contribution in [0.25, 0.3) is 0 Å². The molecule has 0 heterocycles. The maximum atomic E-state index is 13.0. The Kier molecular flexibility index (Phi) is 7.17. The number of nitrogens with zero attached hydrogens (tertiary/aromatic N) is 1. The molecule has 2 aromatic carbocycles. The number of halogens is 3. The highest BCUT2D eigenvalue weighted by atomic mass is 19.4. The van der Waals surface area contributed by atoms with Gasteiger partial charge in [0.25, 0.3) is 0 Å². The molecule has 2 N–H and O–H groups in total. The lowest BCUT2D eigenvalue weighted by Gasteiger charge is -2.27. The quantitative estimate of drug-likeness (QED) is 0.699. The summed E-state index contributed by atoms with van der Waals surface area (Å²) >= 11 is 0. The molecule has 2 aromatic rings. The Morgan fingerprint density at radius 2 is 1.89 bits per heavy atom. The summed E-state index contributed by atoms with van der Waals surface area (Å²) in [6.07, 6.45) is -4.35. The van der Waals surface area contributed by atoms with Gasteiger partial charge in [0.2, 0.25) is 0 Å². The molecule has 0 bridgehead atoms. The van der Waals surface area contributed by atoms with Crippen molar-refractivity contribution >= 4 is 12.2 Å². The van der Waals surface area contributed by atoms with E-state index in [-0.39, 0.29) is 19.7 Å². The number of amides is 1. The van der Waals surface area contributed by atoms with Gasteiger partial charge in [-0.25, -0.2) is 0 Å². The number of carbonyl (C=O) groups is 2. The van der Waals surface area contributed by atoms with Crippen molar-refractivity contribution in [3.8, 4) is 5.75 Å². The lowest BCUT2D eigenvalue weighted by atomic mass is 10.1. The van der Waals surface area contributed by atoms with Crippen LogP contribution >= 0.6 is 0 Å². The fraction of sp³-hybridized carbons (Fsp3) is 0.300. The molecule has 5 nitrogen and oxygen atoms in total. The van der Waals surface area contributed by atoms with Gasteiger partial charge in [0, 0.05) is 18.7 Å². The molecule has 0 saturated heterocycles. The van der Waals surface area contributed by atoms with Crippen LogP contribution < -0.4 is 10.5 Å². The van der Waals surface area contributed by atoms with E-state index in [0.29, 0.717) is 28.1 Å². The Bertz CT molecular complexity index is 807. The van der Waals surface area contributed by atoms with E-state index in [1.807, 2.05) is 6.92 Å². The molecule has 0 aliphatic rings. The summed E-state index contributed by atoms with van der Waals surface area (Å²) in [7, 11) is 0. The first-order valence-corrected chi connectivity index (χ1v) is 8.54. The number of hydrogen-bond acceptors (Lipinski definition) is 4. The number of rotatable bonds is 8. The molecule has 0 fully saturated rings. The average Bonchev–Trinajstić information content (AvgIpc) is 2.66. The molecule has 2 rings (SSSR count). The van der Waals surface area contributed by atoms with Crippen molar-refractivity contribution < 1.29 is 27.5 Å². The molecule has 0 spiro atoms. The van der Waals surface area contributed by atoms with Crippen molar-refractivity contribution in [3.63, 3.8) is 0 Å². The van der Waals surface area contributed by atoms with Crippen LogP contribution in [-0.2, 0) is 11.3 Å². The number of alkyl halides is 3. The molecule has 0 radical (unpaired) electrons. The summed E-state index contributed by atoms with van der Waals surface area (Å²) in [6, 6.07) is 12.3. The summed E-state index contributed by atoms with van der Waals surface area (Å²) in [4.78, 5) is 23.2. The van der Waals surface area contributed by atoms with Crippen LogP contribution in [0.2, 0.25) is 0 Å². The van der Waals surface area contributed by atoms with Gasteiger partial charge < -0.3 is 15.4 Å². The van der Waals surface area contributed by atoms with Gasteiger partial charge in [0.1, 0.15) is 18.6 Å². The highest BCUT2D eigenvalue weighted by molar-refractivity contribution is 5.82. The maximum Gasteiger partial charge on any atom is 0.471 e. The molecule has 0 aliphatic heterocycles. The van der Waals surface area contributed by atoms with Gasteiger partial charge in [-0.15, -0.1) is 0 Å². The number of ether oxygens (including phenoxy) is 1. The van der Waals surface area contributed by atoms with E-state index in [1.165, 1.54) is 6.07 Å². The van der Waals surface area contributed by atoms with Crippen LogP contribution in [0.5, 0.6) is 5.75 Å². The third-order valence-electron chi connectivity index (χ3n) is 3.94. The van der Waals surface area contributed by atoms with E-state index in [9.17, 15) is 22.8 Å². The van der Waals surface area contributed by atoms with Gasteiger partial charge >= 0.3 is 12.1 Å². The highest BCUT2D eigenvalue weighted by Gasteiger charge is 2.42. The van der Waals surface area contributed by atoms with Crippen LogP contribution in [0.4, 0.5) is 13.2 Å². The van der Waals surface area contributed by atoms with Gasteiger partial charge in [-0.1, -0.05) is 42.0 Å². The standard InChI is InChI=1S/C20H21F3N2O3/c1-14-5-7-15(8-6-14)10-25(19(27)20(21,22)23)11-17(24)13-28-18-4-2-3-16(9-18)12-26/h2-9,12,17H,10-11,13,24H2,1H3/t17-/m0/s1. The van der Waals surface area contributed by atoms with Crippen LogP contribution in [0.1, 0.15) is 21.5 Å². The van der Waals surface area contributed by atoms with Crippen molar-refractivity contribution in [2.24, 2.45) is 5.73 Å². The molecule has 0 saturated carbocycles. The lowest BCUT2D eigenvalue weighted by Crippen LogP contribution is -2.48. The van der Waals surface area contributed by atoms with Crippen molar-refractivity contribution in [1.82, 2.24) is 4.90 Å². The number of carbonyl (C=O) groups excluding carboxylic acids is 2. The van der Waals surface area contributed by atoms with E-state index >= 15 is 0 Å². The SMILES string of the molecule is Cc1ccc(CN(C[C@H](N)COc2cccc(C=O)c2)C(=O)C(F)(F)F)cc1. The zero-order chi connectivity index (χ0) is 20.7. The van der Waals surface area contributed by atoms with Crippen LogP contribution in [0.3, 0.4) is 0 Å². The molecular weight excluding hydrogens is 373 g/mol. The summed E-state index contributed by atoms with van der Waals surface area (Å²) in [5, 5.41) is 0. The summed E-state index contributed by atoms with van der Waals surface area (Å²) in [5.74, 6) is -1.58. The topological polar surface area (TPSA) is 72.6 Å². The Morgan fingerprint density at radius 1 is 1.21 bits per heavy atom. The number of aldehydes is 1. The Labute approximate surface area is 160 Å². The van der Waals surface area contributed by atoms with Gasteiger partial charge in [-0.2, -0.15) is 13.2 Å². The number of benzene rings is 2. The van der Waals surface area contributed by atoms with E-state index in [2.05, 4.69) is 0 Å². The fourth-order valence-corrected chi connectivity index (χ4v) is 2.53. The van der Waals surface area contributed by atoms with E-state index in [1.54, 1.807) is 42.5 Å². The maximum absolute atomic E-state index is 13.0. The van der Waals surface area contributed by atoms with Crippen molar-refractivity contribution in [2.75, 3.05) is 13.2 Å². The third-order valence-corrected chi connectivity index (χ3v) is 3.94. The molecule has 28 heavy (non-hydrogen) atoms. The molecule has 8 heteroatoms. The molecule has 0 aromatic heterocycles. The lowest BCUT2D eigenvalue weighted by molar-refractivity contribution is -0.186. The zero-order valence-corrected chi connectivity index (χ0v) is 15.3. The summed E-state index contributed by atoms with van der Waals surface area (Å²) in [5.41, 5.74) is 7.82. The highest BCUT2D eigenvalue weighted by Crippen LogP contribution is 2.21. The first-order chi connectivity index (χ1) is 13.2. The fourth-order valence-electron chi connectivity index (χ4n) is 2.53. The van der Waals surface area contributed by atoms with Crippen LogP contribution in [0.15, 0.2) is 48.5 Å². The van der Waals surface area contributed by atoms with E-state index in [0.717, 1.165) is 5.56 Å². The number of aryl methyl sites for hydroxylation is 1. The second kappa shape index (κ2) is 9.36. The van der Waals surface area contributed by atoms with E-state index < -0.39 is 18.1 Å². The minimum atomic E-state index is -5.00. The predicted molar refractivity (Wildman–Crippen MR) is 98.0 cm³/mol. The monoisotopic (exact) mass is 394 g/mol. The molecule has 1 amide bonds. The molecule has 0 unspecified atom stereocenters. The molecule has 0 aliphatic carbocycles. The van der Waals surface area contributed by atoms with Crippen molar-refractivity contribution in [3.05, 3.63) is 65.2 Å². The average molecular weight is 394 g/mol. The van der Waals surface area contributed by atoms with Gasteiger partial charge in [-0.05, 0) is 24.6 Å². The Hall–Kier alpha value is -2.87. The zero-order valence-electron chi connectivity index (χ0n) is 15.3. The molecular formula is C20H21F3N2O3. The molecule has 150 valence electrons. The van der Waals surface area contributed by atoms with Gasteiger partial charge in [-0.3, -0.25) is 9.59 Å². The van der Waals surface area contributed by atoms with E-state index in [4.69, 9.17) is 10.5 Å². The number of nitrogens with two attached hydrogens (primary N) is 1. The second-order valence-electron chi connectivity index (χ2n) is 6.43. The molecule has 1 atom stereocenters. The Morgan fingerprint density at radius 3 is 2.50 bits per heavy atom. The normalized spacial score (nSPS) is 12.3. The van der Waals surface area contributed by atoms with Crippen LogP contribution in [0, 0.1) is 6.92 Å². The van der Waals surface area contributed by atoms with Crippen molar-refractivity contribution in [1.29, 1.82) is 0 Å². The van der Waals surface area contributed by atoms with Crippen LogP contribution in [-0.4, -0.2) is 42.5 Å². The smallest absolute Gasteiger partial charge is 0.471 e. The first kappa shape index (κ1) is 21.4. The largest absolute Gasteiger partial charge is 0.492 e. The first-order valence-electron chi connectivity index (χ1n) is 8.54. The Balaban J connectivity index is 2.04. The van der Waals surface area contributed by atoms with Gasteiger partial charge in [0.15, 0.2) is 0 Å². The minimum absolute atomic E-state index is 0.113.